The number of rotatable bonds is 7. The molecule has 2 amide bonds. The number of anilines is 1. The topological polar surface area (TPSA) is 61.9 Å². The molecule has 0 aromatic heterocycles. The first-order valence-electron chi connectivity index (χ1n) is 10.7. The van der Waals surface area contributed by atoms with Gasteiger partial charge in [0.25, 0.3) is 0 Å². The molecule has 0 bridgehead atoms. The van der Waals surface area contributed by atoms with Gasteiger partial charge < -0.3 is 15.0 Å². The van der Waals surface area contributed by atoms with E-state index < -0.39 is 0 Å². The lowest BCUT2D eigenvalue weighted by atomic mass is 10.1. The summed E-state index contributed by atoms with van der Waals surface area (Å²) in [5.41, 5.74) is 2.03. The first-order valence-corrected chi connectivity index (χ1v) is 10.7. The maximum atomic E-state index is 12.9. The van der Waals surface area contributed by atoms with Crippen LogP contribution >= 0.6 is 0 Å². The average molecular weight is 408 g/mol. The van der Waals surface area contributed by atoms with Crippen molar-refractivity contribution in [3.8, 4) is 5.75 Å². The van der Waals surface area contributed by atoms with Crippen LogP contribution in [0.15, 0.2) is 54.6 Å². The number of hydrogen-bond acceptors (Lipinski definition) is 4. The van der Waals surface area contributed by atoms with Gasteiger partial charge in [0.2, 0.25) is 11.8 Å². The van der Waals surface area contributed by atoms with E-state index in [1.807, 2.05) is 37.3 Å². The Kier molecular flexibility index (Phi) is 6.33. The van der Waals surface area contributed by atoms with Crippen LogP contribution < -0.4 is 15.0 Å². The van der Waals surface area contributed by atoms with Crippen molar-refractivity contribution in [2.75, 3.05) is 31.1 Å². The Morgan fingerprint density at radius 2 is 1.87 bits per heavy atom. The molecule has 2 aliphatic rings. The van der Waals surface area contributed by atoms with Crippen LogP contribution in [0.2, 0.25) is 0 Å². The third-order valence-corrected chi connectivity index (χ3v) is 5.82. The molecule has 158 valence electrons. The predicted molar refractivity (Wildman–Crippen MR) is 116 cm³/mol. The Bertz CT molecular complexity index is 886. The summed E-state index contributed by atoms with van der Waals surface area (Å²) in [6.45, 7) is 5.56. The van der Waals surface area contributed by atoms with Gasteiger partial charge in [0.05, 0.1) is 18.2 Å². The first kappa shape index (κ1) is 20.4. The average Bonchev–Trinajstić information content (AvgIpc) is 3.36. The van der Waals surface area contributed by atoms with E-state index in [1.54, 1.807) is 4.90 Å². The van der Waals surface area contributed by atoms with E-state index in [0.717, 1.165) is 31.7 Å². The van der Waals surface area contributed by atoms with Crippen molar-refractivity contribution in [1.29, 1.82) is 0 Å². The molecule has 4 rings (SSSR count). The lowest BCUT2D eigenvalue weighted by Gasteiger charge is -2.21. The molecule has 2 aromatic rings. The Hall–Kier alpha value is -2.86. The molecule has 2 fully saturated rings. The maximum Gasteiger partial charge on any atom is 0.227 e. The van der Waals surface area contributed by atoms with Gasteiger partial charge in [-0.25, -0.2) is 0 Å². The number of amides is 2. The molecule has 2 unspecified atom stereocenters. The third kappa shape index (κ3) is 4.65. The lowest BCUT2D eigenvalue weighted by molar-refractivity contribution is -0.126. The fourth-order valence-electron chi connectivity index (χ4n) is 4.33. The molecule has 1 N–H and O–H groups in total. The second kappa shape index (κ2) is 9.30. The van der Waals surface area contributed by atoms with Gasteiger partial charge in [0.15, 0.2) is 0 Å². The zero-order valence-corrected chi connectivity index (χ0v) is 17.4. The van der Waals surface area contributed by atoms with E-state index in [1.165, 1.54) is 5.56 Å². The molecule has 2 saturated heterocycles. The van der Waals surface area contributed by atoms with Crippen LogP contribution in [0.3, 0.4) is 0 Å². The summed E-state index contributed by atoms with van der Waals surface area (Å²) < 4.78 is 5.66. The quantitative estimate of drug-likeness (QED) is 0.767. The number of carbonyl (C=O) groups excluding carboxylic acids is 2. The number of benzene rings is 2. The standard InChI is InChI=1S/C24H29N3O3/c1-2-30-22-11-7-6-10-21(22)27-16-19(14-23(27)28)24(29)25-20-12-13-26(17-20)15-18-8-4-3-5-9-18/h3-11,19-20H,2,12-17H2,1H3,(H,25,29). The summed E-state index contributed by atoms with van der Waals surface area (Å²) in [6.07, 6.45) is 1.18. The highest BCUT2D eigenvalue weighted by molar-refractivity contribution is 6.01. The number of nitrogens with one attached hydrogen (secondary N) is 1. The van der Waals surface area contributed by atoms with Crippen molar-refractivity contribution in [3.63, 3.8) is 0 Å². The maximum absolute atomic E-state index is 12.9. The molecule has 6 heteroatoms. The van der Waals surface area contributed by atoms with Crippen LogP contribution in [0.25, 0.3) is 0 Å². The van der Waals surface area contributed by atoms with E-state index in [-0.39, 0.29) is 30.2 Å². The lowest BCUT2D eigenvalue weighted by Crippen LogP contribution is -2.41. The van der Waals surface area contributed by atoms with Crippen molar-refractivity contribution in [2.45, 2.75) is 32.4 Å². The second-order valence-electron chi connectivity index (χ2n) is 8.02. The highest BCUT2D eigenvalue weighted by atomic mass is 16.5. The Morgan fingerprint density at radius 3 is 2.67 bits per heavy atom. The SMILES string of the molecule is CCOc1ccccc1N1CC(C(=O)NC2CCN(Cc3ccccc3)C2)CC1=O. The fraction of sp³-hybridized carbons (Fsp3) is 0.417. The summed E-state index contributed by atoms with van der Waals surface area (Å²) in [5, 5.41) is 3.18. The highest BCUT2D eigenvalue weighted by Gasteiger charge is 2.37. The molecule has 30 heavy (non-hydrogen) atoms. The normalized spacial score (nSPS) is 21.8. The molecular weight excluding hydrogens is 378 g/mol. The summed E-state index contributed by atoms with van der Waals surface area (Å²) in [5.74, 6) is 0.308. The van der Waals surface area contributed by atoms with Crippen molar-refractivity contribution >= 4 is 17.5 Å². The highest BCUT2D eigenvalue weighted by Crippen LogP contribution is 2.33. The molecule has 0 aliphatic carbocycles. The second-order valence-corrected chi connectivity index (χ2v) is 8.02. The van der Waals surface area contributed by atoms with Gasteiger partial charge in [0.1, 0.15) is 5.75 Å². The van der Waals surface area contributed by atoms with E-state index in [0.29, 0.717) is 18.9 Å². The van der Waals surface area contributed by atoms with Gasteiger partial charge >= 0.3 is 0 Å². The van der Waals surface area contributed by atoms with Gasteiger partial charge in [-0.1, -0.05) is 42.5 Å². The number of para-hydroxylation sites is 2. The zero-order chi connectivity index (χ0) is 20.9. The minimum Gasteiger partial charge on any atom is -0.492 e. The number of carbonyl (C=O) groups is 2. The molecule has 2 aliphatic heterocycles. The monoisotopic (exact) mass is 407 g/mol. The van der Waals surface area contributed by atoms with Crippen molar-refractivity contribution < 1.29 is 14.3 Å². The zero-order valence-electron chi connectivity index (χ0n) is 17.4. The van der Waals surface area contributed by atoms with Crippen LogP contribution in [0.5, 0.6) is 5.75 Å². The Morgan fingerprint density at radius 1 is 1.10 bits per heavy atom. The third-order valence-electron chi connectivity index (χ3n) is 5.82. The van der Waals surface area contributed by atoms with E-state index in [9.17, 15) is 9.59 Å². The van der Waals surface area contributed by atoms with Crippen LogP contribution in [-0.4, -0.2) is 49.0 Å². The summed E-state index contributed by atoms with van der Waals surface area (Å²) in [7, 11) is 0. The summed E-state index contributed by atoms with van der Waals surface area (Å²) >= 11 is 0. The van der Waals surface area contributed by atoms with E-state index >= 15 is 0 Å². The largest absolute Gasteiger partial charge is 0.492 e. The number of nitrogens with zero attached hydrogens (tertiary/aromatic N) is 2. The molecule has 2 aromatic carbocycles. The molecule has 2 atom stereocenters. The Balaban J connectivity index is 1.32. The van der Waals surface area contributed by atoms with Crippen molar-refractivity contribution in [1.82, 2.24) is 10.2 Å². The van der Waals surface area contributed by atoms with Crippen molar-refractivity contribution in [3.05, 3.63) is 60.2 Å². The minimum absolute atomic E-state index is 0.0219. The summed E-state index contributed by atoms with van der Waals surface area (Å²) in [6, 6.07) is 18.0. The fourth-order valence-corrected chi connectivity index (χ4v) is 4.33. The van der Waals surface area contributed by atoms with Gasteiger partial charge in [-0.3, -0.25) is 14.5 Å². The number of ether oxygens (including phenoxy) is 1. The van der Waals surface area contributed by atoms with Gasteiger partial charge in [-0.15, -0.1) is 0 Å². The smallest absolute Gasteiger partial charge is 0.227 e. The van der Waals surface area contributed by atoms with E-state index in [2.05, 4.69) is 34.5 Å². The van der Waals surface area contributed by atoms with Gasteiger partial charge in [-0.2, -0.15) is 0 Å². The molecule has 0 saturated carbocycles. The van der Waals surface area contributed by atoms with Crippen LogP contribution in [0.4, 0.5) is 5.69 Å². The van der Waals surface area contributed by atoms with Crippen LogP contribution in [0, 0.1) is 5.92 Å². The van der Waals surface area contributed by atoms with E-state index in [4.69, 9.17) is 4.74 Å². The minimum atomic E-state index is -0.324. The predicted octanol–water partition coefficient (Wildman–Crippen LogP) is 2.83. The van der Waals surface area contributed by atoms with Crippen LogP contribution in [-0.2, 0) is 16.1 Å². The summed E-state index contributed by atoms with van der Waals surface area (Å²) in [4.78, 5) is 29.5. The number of hydrogen-bond donors (Lipinski definition) is 1. The van der Waals surface area contributed by atoms with Crippen molar-refractivity contribution in [2.24, 2.45) is 5.92 Å². The van der Waals surface area contributed by atoms with Crippen LogP contribution in [0.1, 0.15) is 25.3 Å². The first-order chi connectivity index (χ1) is 14.6. The molecule has 0 spiro atoms. The van der Waals surface area contributed by atoms with Gasteiger partial charge in [0, 0.05) is 38.6 Å². The molecule has 2 heterocycles. The molecule has 0 radical (unpaired) electrons. The molecule has 6 nitrogen and oxygen atoms in total. The number of likely N-dealkylation sites (tertiary alicyclic amines) is 1. The Labute approximate surface area is 177 Å². The molecular formula is C24H29N3O3. The van der Waals surface area contributed by atoms with Gasteiger partial charge in [-0.05, 0) is 31.0 Å².